The molecule has 1 saturated heterocycles. The number of hydrogen-bond donors (Lipinski definition) is 0. The number of aryl methyl sites for hydroxylation is 2. The van der Waals surface area contributed by atoms with Crippen LogP contribution in [0.2, 0.25) is 0 Å². The van der Waals surface area contributed by atoms with Crippen molar-refractivity contribution in [2.75, 3.05) is 32.1 Å². The van der Waals surface area contributed by atoms with Gasteiger partial charge in [-0.05, 0) is 26.7 Å². The van der Waals surface area contributed by atoms with Crippen molar-refractivity contribution in [3.63, 3.8) is 0 Å². The molecule has 0 N–H and O–H groups in total. The number of piperidine rings is 1. The first kappa shape index (κ1) is 19.1. The van der Waals surface area contributed by atoms with Gasteiger partial charge in [0, 0.05) is 52.9 Å². The average molecular weight is 373 g/mol. The Kier molecular flexibility index (Phi) is 5.29. The number of carbonyl (C=O) groups excluding carboxylic acids is 1. The SMILES string of the molecule is CCn1c(C2CCN(C(=O)c3cnc(N(C)C)nc3C)CC2)nn(C)c1=O. The Bertz CT molecular complexity index is 892. The molecule has 9 heteroatoms. The minimum absolute atomic E-state index is 0.0369. The van der Waals surface area contributed by atoms with Gasteiger partial charge in [0.05, 0.1) is 11.3 Å². The Hall–Kier alpha value is -2.71. The predicted molar refractivity (Wildman–Crippen MR) is 102 cm³/mol. The molecule has 2 aromatic rings. The van der Waals surface area contributed by atoms with E-state index in [2.05, 4.69) is 15.1 Å². The second-order valence-electron chi connectivity index (χ2n) is 7.14. The van der Waals surface area contributed by atoms with Gasteiger partial charge >= 0.3 is 5.69 Å². The van der Waals surface area contributed by atoms with Crippen LogP contribution in [0.4, 0.5) is 5.95 Å². The van der Waals surface area contributed by atoms with Gasteiger partial charge in [-0.1, -0.05) is 0 Å². The van der Waals surface area contributed by atoms with E-state index in [1.165, 1.54) is 4.68 Å². The highest BCUT2D eigenvalue weighted by Gasteiger charge is 2.29. The molecule has 1 aliphatic heterocycles. The van der Waals surface area contributed by atoms with Crippen molar-refractivity contribution in [2.45, 2.75) is 39.2 Å². The van der Waals surface area contributed by atoms with E-state index in [0.717, 1.165) is 18.7 Å². The fraction of sp³-hybridized carbons (Fsp3) is 0.611. The number of aromatic nitrogens is 5. The molecule has 0 aliphatic carbocycles. The summed E-state index contributed by atoms with van der Waals surface area (Å²) < 4.78 is 3.11. The second kappa shape index (κ2) is 7.50. The van der Waals surface area contributed by atoms with Crippen molar-refractivity contribution in [3.05, 3.63) is 33.8 Å². The summed E-state index contributed by atoms with van der Waals surface area (Å²) in [5, 5.41) is 4.41. The lowest BCUT2D eigenvalue weighted by molar-refractivity contribution is 0.0708. The molecule has 9 nitrogen and oxygen atoms in total. The van der Waals surface area contributed by atoms with Crippen LogP contribution in [0, 0.1) is 6.92 Å². The molecule has 0 radical (unpaired) electrons. The quantitative estimate of drug-likeness (QED) is 0.787. The van der Waals surface area contributed by atoms with Crippen LogP contribution in [-0.4, -0.2) is 62.3 Å². The largest absolute Gasteiger partial charge is 0.347 e. The Morgan fingerprint density at radius 3 is 2.52 bits per heavy atom. The number of hydrogen-bond acceptors (Lipinski definition) is 6. The van der Waals surface area contributed by atoms with Crippen LogP contribution in [0.5, 0.6) is 0 Å². The van der Waals surface area contributed by atoms with Crippen LogP contribution in [0.1, 0.15) is 47.6 Å². The lowest BCUT2D eigenvalue weighted by atomic mass is 9.95. The normalized spacial score (nSPS) is 15.2. The molecule has 0 aromatic carbocycles. The summed E-state index contributed by atoms with van der Waals surface area (Å²) in [6.07, 6.45) is 3.19. The fourth-order valence-corrected chi connectivity index (χ4v) is 3.51. The third-order valence-corrected chi connectivity index (χ3v) is 5.10. The van der Waals surface area contributed by atoms with Crippen LogP contribution in [0.15, 0.2) is 11.0 Å². The maximum Gasteiger partial charge on any atom is 0.345 e. The average Bonchev–Trinajstić information content (AvgIpc) is 2.95. The lowest BCUT2D eigenvalue weighted by Gasteiger charge is -2.31. The van der Waals surface area contributed by atoms with E-state index in [0.29, 0.717) is 36.8 Å². The van der Waals surface area contributed by atoms with Crippen molar-refractivity contribution in [2.24, 2.45) is 7.05 Å². The van der Waals surface area contributed by atoms with E-state index < -0.39 is 0 Å². The zero-order chi connectivity index (χ0) is 19.7. The Labute approximate surface area is 158 Å². The first-order valence-electron chi connectivity index (χ1n) is 9.27. The molecule has 27 heavy (non-hydrogen) atoms. The molecule has 1 aliphatic rings. The topological polar surface area (TPSA) is 89.2 Å². The number of nitrogens with zero attached hydrogens (tertiary/aromatic N) is 7. The summed E-state index contributed by atoms with van der Waals surface area (Å²) in [4.78, 5) is 37.3. The molecule has 3 rings (SSSR count). The Morgan fingerprint density at radius 2 is 1.96 bits per heavy atom. The highest BCUT2D eigenvalue weighted by molar-refractivity contribution is 5.95. The van der Waals surface area contributed by atoms with Crippen LogP contribution in [0.3, 0.4) is 0 Å². The van der Waals surface area contributed by atoms with Crippen molar-refractivity contribution in [3.8, 4) is 0 Å². The van der Waals surface area contributed by atoms with Gasteiger partial charge in [-0.15, -0.1) is 0 Å². The highest BCUT2D eigenvalue weighted by atomic mass is 16.2. The van der Waals surface area contributed by atoms with Crippen molar-refractivity contribution >= 4 is 11.9 Å². The molecule has 0 unspecified atom stereocenters. The molecule has 1 amide bonds. The van der Waals surface area contributed by atoms with E-state index in [-0.39, 0.29) is 17.5 Å². The van der Waals surface area contributed by atoms with Gasteiger partial charge < -0.3 is 9.80 Å². The first-order chi connectivity index (χ1) is 12.8. The van der Waals surface area contributed by atoms with E-state index in [4.69, 9.17) is 0 Å². The monoisotopic (exact) mass is 373 g/mol. The molecule has 0 saturated carbocycles. The molecular weight excluding hydrogens is 346 g/mol. The lowest BCUT2D eigenvalue weighted by Crippen LogP contribution is -2.39. The van der Waals surface area contributed by atoms with Gasteiger partial charge in [0.15, 0.2) is 0 Å². The van der Waals surface area contributed by atoms with Crippen molar-refractivity contribution in [1.82, 2.24) is 29.2 Å². The number of rotatable bonds is 4. The fourth-order valence-electron chi connectivity index (χ4n) is 3.51. The Morgan fingerprint density at radius 1 is 1.30 bits per heavy atom. The zero-order valence-corrected chi connectivity index (χ0v) is 16.6. The molecule has 0 bridgehead atoms. The molecule has 1 fully saturated rings. The van der Waals surface area contributed by atoms with Gasteiger partial charge in [0.2, 0.25) is 5.95 Å². The van der Waals surface area contributed by atoms with Crippen LogP contribution < -0.4 is 10.6 Å². The third kappa shape index (κ3) is 3.58. The van der Waals surface area contributed by atoms with Crippen LogP contribution in [-0.2, 0) is 13.6 Å². The van der Waals surface area contributed by atoms with Crippen LogP contribution in [0.25, 0.3) is 0 Å². The van der Waals surface area contributed by atoms with Gasteiger partial charge in [0.1, 0.15) is 5.82 Å². The summed E-state index contributed by atoms with van der Waals surface area (Å²) in [6, 6.07) is 0. The predicted octanol–water partition coefficient (Wildman–Crippen LogP) is 0.786. The van der Waals surface area contributed by atoms with E-state index in [1.807, 2.05) is 37.7 Å². The summed E-state index contributed by atoms with van der Waals surface area (Å²) in [5.74, 6) is 1.57. The summed E-state index contributed by atoms with van der Waals surface area (Å²) >= 11 is 0. The summed E-state index contributed by atoms with van der Waals surface area (Å²) in [6.45, 7) is 5.66. The van der Waals surface area contributed by atoms with Crippen molar-refractivity contribution < 1.29 is 4.79 Å². The number of anilines is 1. The van der Waals surface area contributed by atoms with Gasteiger partial charge in [-0.25, -0.2) is 19.4 Å². The first-order valence-corrected chi connectivity index (χ1v) is 9.27. The highest BCUT2D eigenvalue weighted by Crippen LogP contribution is 2.27. The molecule has 3 heterocycles. The standard InChI is InChI=1S/C18H27N7O2/c1-6-25-15(21-23(5)18(25)27)13-7-9-24(10-8-13)16(26)14-11-19-17(22(3)4)20-12(14)2/h11,13H,6-10H2,1-5H3. The van der Waals surface area contributed by atoms with E-state index in [1.54, 1.807) is 17.8 Å². The molecular formula is C18H27N7O2. The molecule has 146 valence electrons. The number of likely N-dealkylation sites (tertiary alicyclic amines) is 1. The minimum Gasteiger partial charge on any atom is -0.347 e. The van der Waals surface area contributed by atoms with E-state index in [9.17, 15) is 9.59 Å². The molecule has 0 spiro atoms. The number of carbonyl (C=O) groups is 1. The summed E-state index contributed by atoms with van der Waals surface area (Å²) in [7, 11) is 5.42. The smallest absolute Gasteiger partial charge is 0.345 e. The Balaban J connectivity index is 1.72. The third-order valence-electron chi connectivity index (χ3n) is 5.10. The van der Waals surface area contributed by atoms with Crippen molar-refractivity contribution in [1.29, 1.82) is 0 Å². The van der Waals surface area contributed by atoms with Gasteiger partial charge in [-0.2, -0.15) is 5.10 Å². The zero-order valence-electron chi connectivity index (χ0n) is 16.6. The second-order valence-corrected chi connectivity index (χ2v) is 7.14. The van der Waals surface area contributed by atoms with E-state index >= 15 is 0 Å². The summed E-state index contributed by atoms with van der Waals surface area (Å²) in [5.41, 5.74) is 1.15. The maximum atomic E-state index is 12.9. The minimum atomic E-state index is -0.0836. The number of amides is 1. The van der Waals surface area contributed by atoms with Crippen LogP contribution >= 0.6 is 0 Å². The molecule has 2 aromatic heterocycles. The molecule has 0 atom stereocenters. The maximum absolute atomic E-state index is 12.9. The van der Waals surface area contributed by atoms with Gasteiger partial charge in [0.25, 0.3) is 5.91 Å². The van der Waals surface area contributed by atoms with Gasteiger partial charge in [-0.3, -0.25) is 9.36 Å².